The number of hydrogen-bond donors (Lipinski definition) is 0. The van der Waals surface area contributed by atoms with Gasteiger partial charge in [-0.1, -0.05) is 50.3 Å². The van der Waals surface area contributed by atoms with Gasteiger partial charge in [0.2, 0.25) is 0 Å². The zero-order valence-electron chi connectivity index (χ0n) is 15.8. The van der Waals surface area contributed by atoms with Gasteiger partial charge in [0.05, 0.1) is 6.04 Å². The van der Waals surface area contributed by atoms with Crippen molar-refractivity contribution in [1.82, 2.24) is 9.80 Å². The van der Waals surface area contributed by atoms with Crippen molar-refractivity contribution in [2.75, 3.05) is 13.6 Å². The van der Waals surface area contributed by atoms with Crippen LogP contribution < -0.4 is 0 Å². The minimum atomic E-state index is -1.00. The van der Waals surface area contributed by atoms with Crippen molar-refractivity contribution < 1.29 is 6.17 Å². The largest absolute Gasteiger partial charge is 0.352 e. The Kier molecular flexibility index (Phi) is 5.16. The molecule has 3 nitrogen and oxygen atoms in total. The highest BCUT2D eigenvalue weighted by Crippen LogP contribution is 2.29. The van der Waals surface area contributed by atoms with E-state index in [1.807, 2.05) is 63.5 Å². The van der Waals surface area contributed by atoms with Crippen molar-refractivity contribution in [3.8, 4) is 0 Å². The molecule has 1 aliphatic heterocycles. The highest BCUT2D eigenvalue weighted by molar-refractivity contribution is 5.95. The predicted molar refractivity (Wildman–Crippen MR) is 95.6 cm³/mol. The Morgan fingerprint density at radius 2 is 2.04 bits per heavy atom. The van der Waals surface area contributed by atoms with E-state index in [0.29, 0.717) is 5.57 Å². The second-order valence-electron chi connectivity index (χ2n) is 6.16. The molecule has 1 aromatic rings. The molecule has 2 rings (SSSR count). The Morgan fingerprint density at radius 1 is 1.39 bits per heavy atom. The molecule has 124 valence electrons. The molecule has 1 unspecified atom stereocenters. The van der Waals surface area contributed by atoms with E-state index in [0.717, 1.165) is 24.2 Å². The lowest BCUT2D eigenvalue weighted by atomic mass is 9.93. The summed E-state index contributed by atoms with van der Waals surface area (Å²) in [5, 5.41) is 0. The molecule has 0 bridgehead atoms. The predicted octanol–water partition coefficient (Wildman–Crippen LogP) is 4.36. The van der Waals surface area contributed by atoms with Gasteiger partial charge in [0.15, 0.2) is 0 Å². The summed E-state index contributed by atoms with van der Waals surface area (Å²) in [6.45, 7) is 8.71. The van der Waals surface area contributed by atoms with Gasteiger partial charge in [0, 0.05) is 38.3 Å². The Bertz CT molecular complexity index is 649. The monoisotopic (exact) mass is 313 g/mol. The van der Waals surface area contributed by atoms with Gasteiger partial charge >= 0.3 is 0 Å². The van der Waals surface area contributed by atoms with E-state index in [1.54, 1.807) is 11.8 Å². The van der Waals surface area contributed by atoms with E-state index in [4.69, 9.17) is 1.37 Å². The number of amides is 1. The van der Waals surface area contributed by atoms with Gasteiger partial charge in [-0.05, 0) is 25.8 Å². The molecular formula is C20H28N2O. The molecular weight excluding hydrogens is 284 g/mol. The van der Waals surface area contributed by atoms with Gasteiger partial charge < -0.3 is 9.80 Å². The quantitative estimate of drug-likeness (QED) is 0.806. The second kappa shape index (κ2) is 7.49. The number of likely N-dealkylation sites (N-methyl/N-ethyl adjacent to an activating group) is 1. The Hall–Kier alpha value is -2.03. The first kappa shape index (κ1) is 15.9. The fourth-order valence-corrected chi connectivity index (χ4v) is 2.94. The minimum Gasteiger partial charge on any atom is -0.352 e. The van der Waals surface area contributed by atoms with Crippen LogP contribution in [-0.2, 0) is 4.79 Å². The van der Waals surface area contributed by atoms with Crippen molar-refractivity contribution in [2.24, 2.45) is 5.89 Å². The lowest BCUT2D eigenvalue weighted by Gasteiger charge is -2.33. The molecule has 2 atom stereocenters. The van der Waals surface area contributed by atoms with Gasteiger partial charge in [-0.25, -0.2) is 0 Å². The fraction of sp³-hybridized carbons (Fsp3) is 0.450. The molecule has 0 aromatic heterocycles. The van der Waals surface area contributed by atoms with Crippen molar-refractivity contribution in [1.29, 1.82) is 0 Å². The maximum Gasteiger partial charge on any atom is 0.252 e. The number of carbonyl (C=O) groups excluding carboxylic acids is 1. The number of benzene rings is 1. The molecule has 1 amide bonds. The Labute approximate surface area is 141 Å². The molecule has 0 aliphatic carbocycles. The molecule has 1 aromatic carbocycles. The first-order valence-electron chi connectivity index (χ1n) is 8.79. The number of rotatable bonds is 5. The van der Waals surface area contributed by atoms with Crippen LogP contribution in [0.3, 0.4) is 0 Å². The summed E-state index contributed by atoms with van der Waals surface area (Å²) < 4.78 is 8.59. The molecule has 0 N–H and O–H groups in total. The summed E-state index contributed by atoms with van der Waals surface area (Å²) in [7, 11) is 1.82. The molecule has 1 heterocycles. The summed E-state index contributed by atoms with van der Waals surface area (Å²) in [6, 6.07) is 9.95. The van der Waals surface area contributed by atoms with Crippen LogP contribution >= 0.6 is 0 Å². The number of carbonyl (C=O) groups is 1. The zero-order valence-corrected chi connectivity index (χ0v) is 14.8. The van der Waals surface area contributed by atoms with Crippen molar-refractivity contribution in [2.45, 2.75) is 40.2 Å². The van der Waals surface area contributed by atoms with E-state index < -0.39 is 5.89 Å². The van der Waals surface area contributed by atoms with Crippen LogP contribution in [0.2, 0.25) is 0 Å². The SMILES string of the molecule is [2H]C1(C)C=CN(CCC)C(C)=C1C(=O)N(C)[C@H](C)c1ccccc1. The number of hydrogen-bond acceptors (Lipinski definition) is 2. The van der Waals surface area contributed by atoms with Gasteiger partial charge in [-0.3, -0.25) is 4.79 Å². The molecule has 23 heavy (non-hydrogen) atoms. The maximum absolute atomic E-state index is 13.2. The average molecular weight is 313 g/mol. The second-order valence-corrected chi connectivity index (χ2v) is 6.16. The van der Waals surface area contributed by atoms with Crippen LogP contribution in [0.5, 0.6) is 0 Å². The van der Waals surface area contributed by atoms with Crippen LogP contribution in [0.4, 0.5) is 0 Å². The summed E-state index contributed by atoms with van der Waals surface area (Å²) in [5.74, 6) is -1.08. The van der Waals surface area contributed by atoms with E-state index in [9.17, 15) is 4.79 Å². The van der Waals surface area contributed by atoms with Gasteiger partial charge in [0.25, 0.3) is 5.91 Å². The van der Waals surface area contributed by atoms with E-state index >= 15 is 0 Å². The number of nitrogens with zero attached hydrogens (tertiary/aromatic N) is 2. The molecule has 0 saturated heterocycles. The van der Waals surface area contributed by atoms with Crippen LogP contribution in [0.15, 0.2) is 53.9 Å². The Morgan fingerprint density at radius 3 is 2.65 bits per heavy atom. The topological polar surface area (TPSA) is 23.6 Å². The lowest BCUT2D eigenvalue weighted by molar-refractivity contribution is -0.128. The van der Waals surface area contributed by atoms with E-state index in [2.05, 4.69) is 11.8 Å². The van der Waals surface area contributed by atoms with Gasteiger partial charge in [-0.15, -0.1) is 0 Å². The third-order valence-electron chi connectivity index (χ3n) is 4.55. The van der Waals surface area contributed by atoms with Crippen LogP contribution in [0.1, 0.15) is 47.1 Å². The fourth-order valence-electron chi connectivity index (χ4n) is 2.94. The van der Waals surface area contributed by atoms with Crippen molar-refractivity contribution in [3.05, 3.63) is 59.4 Å². The summed E-state index contributed by atoms with van der Waals surface area (Å²) >= 11 is 0. The van der Waals surface area contributed by atoms with Gasteiger partial charge in [-0.2, -0.15) is 0 Å². The maximum atomic E-state index is 13.2. The molecule has 0 radical (unpaired) electrons. The molecule has 3 heteroatoms. The summed E-state index contributed by atoms with van der Waals surface area (Å²) in [4.78, 5) is 17.0. The third-order valence-corrected chi connectivity index (χ3v) is 4.55. The number of allylic oxidation sites excluding steroid dienone is 2. The van der Waals surface area contributed by atoms with Crippen LogP contribution in [-0.4, -0.2) is 29.3 Å². The molecule has 0 spiro atoms. The highest BCUT2D eigenvalue weighted by Gasteiger charge is 2.28. The normalized spacial score (nSPS) is 22.8. The minimum absolute atomic E-state index is 0.0414. The van der Waals surface area contributed by atoms with Crippen LogP contribution in [0.25, 0.3) is 0 Å². The van der Waals surface area contributed by atoms with E-state index in [1.165, 1.54) is 0 Å². The first-order valence-corrected chi connectivity index (χ1v) is 8.29. The molecule has 1 aliphatic rings. The van der Waals surface area contributed by atoms with Crippen LogP contribution in [0, 0.1) is 5.89 Å². The van der Waals surface area contributed by atoms with Crippen molar-refractivity contribution in [3.63, 3.8) is 0 Å². The van der Waals surface area contributed by atoms with Crippen molar-refractivity contribution >= 4 is 5.91 Å². The first-order chi connectivity index (χ1) is 11.3. The average Bonchev–Trinajstić information content (AvgIpc) is 2.56. The Balaban J connectivity index is 2.33. The molecule has 0 fully saturated rings. The van der Waals surface area contributed by atoms with Gasteiger partial charge in [0.1, 0.15) is 0 Å². The van der Waals surface area contributed by atoms with E-state index in [-0.39, 0.29) is 11.9 Å². The molecule has 0 saturated carbocycles. The smallest absolute Gasteiger partial charge is 0.252 e. The third kappa shape index (κ3) is 3.66. The summed E-state index contributed by atoms with van der Waals surface area (Å²) in [6.07, 6.45) is 4.74. The zero-order chi connectivity index (χ0) is 17.9. The highest BCUT2D eigenvalue weighted by atomic mass is 16.2. The standard InChI is InChI=1S/C20H28N2O/c1-6-13-22-14-12-15(2)19(17(22)4)20(23)21(5)16(3)18-10-8-7-9-11-18/h7-12,14-16H,6,13H2,1-5H3/t15?,16-/m1/s1/i15D. The summed E-state index contributed by atoms with van der Waals surface area (Å²) in [5.41, 5.74) is 2.53. The lowest BCUT2D eigenvalue weighted by Crippen LogP contribution is -2.36.